The fourth-order valence-corrected chi connectivity index (χ4v) is 2.22. The summed E-state index contributed by atoms with van der Waals surface area (Å²) in [5, 5.41) is 3.29. The van der Waals surface area contributed by atoms with E-state index in [2.05, 4.69) is 10.2 Å². The van der Waals surface area contributed by atoms with Gasteiger partial charge < -0.3 is 10.2 Å². The number of halogens is 1. The first-order valence-corrected chi connectivity index (χ1v) is 6.62. The number of benzene rings is 1. The molecule has 0 unspecified atom stereocenters. The molecule has 0 radical (unpaired) electrons. The van der Waals surface area contributed by atoms with Gasteiger partial charge in [0, 0.05) is 20.1 Å². The minimum atomic E-state index is -0.365. The molecule has 1 fully saturated rings. The Hall–Kier alpha value is -1.46. The standard InChI is InChI=1S/C14H20FN3O/c1-17(13-6-3-2-5-12(13)15)14(19)11-18-9-4-7-16-8-10-18/h2-3,5-6,16H,4,7-11H2,1H3. The van der Waals surface area contributed by atoms with Crippen molar-refractivity contribution in [2.45, 2.75) is 6.42 Å². The van der Waals surface area contributed by atoms with Gasteiger partial charge in [-0.1, -0.05) is 12.1 Å². The number of nitrogens with one attached hydrogen (secondary N) is 1. The summed E-state index contributed by atoms with van der Waals surface area (Å²) in [7, 11) is 1.62. The van der Waals surface area contributed by atoms with E-state index in [-0.39, 0.29) is 11.7 Å². The highest BCUT2D eigenvalue weighted by molar-refractivity contribution is 5.94. The lowest BCUT2D eigenvalue weighted by atomic mass is 10.2. The van der Waals surface area contributed by atoms with Crippen LogP contribution in [0.4, 0.5) is 10.1 Å². The summed E-state index contributed by atoms with van der Waals surface area (Å²) >= 11 is 0. The average Bonchev–Trinajstić information content (AvgIpc) is 2.67. The van der Waals surface area contributed by atoms with E-state index < -0.39 is 0 Å². The zero-order valence-electron chi connectivity index (χ0n) is 11.2. The van der Waals surface area contributed by atoms with Crippen LogP contribution >= 0.6 is 0 Å². The van der Waals surface area contributed by atoms with Gasteiger partial charge in [-0.25, -0.2) is 4.39 Å². The molecule has 1 N–H and O–H groups in total. The number of rotatable bonds is 3. The fourth-order valence-electron chi connectivity index (χ4n) is 2.22. The Bertz CT molecular complexity index is 430. The molecule has 0 spiro atoms. The molecule has 19 heavy (non-hydrogen) atoms. The van der Waals surface area contributed by atoms with Gasteiger partial charge in [-0.3, -0.25) is 9.69 Å². The van der Waals surface area contributed by atoms with E-state index in [1.165, 1.54) is 11.0 Å². The summed E-state index contributed by atoms with van der Waals surface area (Å²) in [6, 6.07) is 6.35. The maximum atomic E-state index is 13.6. The summed E-state index contributed by atoms with van der Waals surface area (Å²) in [6.07, 6.45) is 1.04. The largest absolute Gasteiger partial charge is 0.315 e. The van der Waals surface area contributed by atoms with E-state index in [0.717, 1.165) is 32.6 Å². The Balaban J connectivity index is 1.97. The third-order valence-electron chi connectivity index (χ3n) is 3.38. The van der Waals surface area contributed by atoms with Crippen molar-refractivity contribution in [3.8, 4) is 0 Å². The third kappa shape index (κ3) is 3.75. The maximum absolute atomic E-state index is 13.6. The topological polar surface area (TPSA) is 35.6 Å². The molecule has 0 aliphatic carbocycles. The van der Waals surface area contributed by atoms with E-state index in [9.17, 15) is 9.18 Å². The van der Waals surface area contributed by atoms with Crippen LogP contribution in [0.5, 0.6) is 0 Å². The molecule has 1 heterocycles. The van der Waals surface area contributed by atoms with Crippen molar-refractivity contribution in [2.75, 3.05) is 44.7 Å². The summed E-state index contributed by atoms with van der Waals surface area (Å²) in [5.41, 5.74) is 0.334. The molecule has 0 saturated carbocycles. The number of hydrogen-bond donors (Lipinski definition) is 1. The molecule has 1 aliphatic heterocycles. The van der Waals surface area contributed by atoms with Crippen LogP contribution < -0.4 is 10.2 Å². The lowest BCUT2D eigenvalue weighted by Crippen LogP contribution is -2.40. The normalized spacial score (nSPS) is 16.9. The molecule has 2 rings (SSSR count). The van der Waals surface area contributed by atoms with E-state index >= 15 is 0 Å². The molecule has 1 saturated heterocycles. The zero-order chi connectivity index (χ0) is 13.7. The number of nitrogens with zero attached hydrogens (tertiary/aromatic N) is 2. The smallest absolute Gasteiger partial charge is 0.240 e. The van der Waals surface area contributed by atoms with Gasteiger partial charge in [0.25, 0.3) is 0 Å². The van der Waals surface area contributed by atoms with Gasteiger partial charge in [0.1, 0.15) is 5.82 Å². The van der Waals surface area contributed by atoms with Gasteiger partial charge in [-0.05, 0) is 31.6 Å². The molecule has 0 aromatic heterocycles. The van der Waals surface area contributed by atoms with Gasteiger partial charge in [-0.15, -0.1) is 0 Å². The van der Waals surface area contributed by atoms with Crippen molar-refractivity contribution in [3.05, 3.63) is 30.1 Å². The van der Waals surface area contributed by atoms with Crippen LogP contribution in [0.15, 0.2) is 24.3 Å². The van der Waals surface area contributed by atoms with E-state index in [4.69, 9.17) is 0 Å². The quantitative estimate of drug-likeness (QED) is 0.888. The SMILES string of the molecule is CN(C(=O)CN1CCCNCC1)c1ccccc1F. The molecule has 1 aromatic carbocycles. The molecule has 1 aromatic rings. The van der Waals surface area contributed by atoms with Gasteiger partial charge in [-0.2, -0.15) is 0 Å². The van der Waals surface area contributed by atoms with Crippen LogP contribution in [0.25, 0.3) is 0 Å². The minimum absolute atomic E-state index is 0.0769. The Morgan fingerprint density at radius 2 is 2.16 bits per heavy atom. The number of para-hydroxylation sites is 1. The second-order valence-electron chi connectivity index (χ2n) is 4.78. The van der Waals surface area contributed by atoms with Gasteiger partial charge in [0.15, 0.2) is 0 Å². The molecule has 4 nitrogen and oxygen atoms in total. The second-order valence-corrected chi connectivity index (χ2v) is 4.78. The van der Waals surface area contributed by atoms with Crippen LogP contribution in [0.3, 0.4) is 0 Å². The highest BCUT2D eigenvalue weighted by Gasteiger charge is 2.18. The van der Waals surface area contributed by atoms with Crippen LogP contribution in [-0.2, 0) is 4.79 Å². The molecule has 1 amide bonds. The van der Waals surface area contributed by atoms with Crippen molar-refractivity contribution >= 4 is 11.6 Å². The number of anilines is 1. The Morgan fingerprint density at radius 3 is 2.95 bits per heavy atom. The highest BCUT2D eigenvalue weighted by atomic mass is 19.1. The van der Waals surface area contributed by atoms with Gasteiger partial charge in [0.2, 0.25) is 5.91 Å². The Kier molecular flexibility index (Phi) is 4.87. The number of carbonyl (C=O) groups excluding carboxylic acids is 1. The first-order valence-electron chi connectivity index (χ1n) is 6.62. The third-order valence-corrected chi connectivity index (χ3v) is 3.38. The molecule has 104 valence electrons. The van der Waals surface area contributed by atoms with Crippen LogP contribution in [0.1, 0.15) is 6.42 Å². The van der Waals surface area contributed by atoms with E-state index in [1.54, 1.807) is 25.2 Å². The molecular formula is C14H20FN3O. The van der Waals surface area contributed by atoms with Crippen LogP contribution in [0, 0.1) is 5.82 Å². The summed E-state index contributed by atoms with van der Waals surface area (Å²) in [6.45, 7) is 4.00. The molecule has 1 aliphatic rings. The van der Waals surface area contributed by atoms with E-state index in [1.807, 2.05) is 0 Å². The first-order chi connectivity index (χ1) is 9.18. The minimum Gasteiger partial charge on any atom is -0.315 e. The molecule has 5 heteroatoms. The Labute approximate surface area is 113 Å². The number of hydrogen-bond acceptors (Lipinski definition) is 3. The first kappa shape index (κ1) is 14.0. The van der Waals surface area contributed by atoms with E-state index in [0.29, 0.717) is 12.2 Å². The molecule has 0 bridgehead atoms. The molecule has 0 atom stereocenters. The summed E-state index contributed by atoms with van der Waals surface area (Å²) in [5.74, 6) is -0.442. The number of carbonyl (C=O) groups is 1. The summed E-state index contributed by atoms with van der Waals surface area (Å²) < 4.78 is 13.6. The Morgan fingerprint density at radius 1 is 1.37 bits per heavy atom. The average molecular weight is 265 g/mol. The van der Waals surface area contributed by atoms with Crippen molar-refractivity contribution in [3.63, 3.8) is 0 Å². The second kappa shape index (κ2) is 6.63. The molecular weight excluding hydrogens is 245 g/mol. The van der Waals surface area contributed by atoms with Crippen molar-refractivity contribution in [2.24, 2.45) is 0 Å². The van der Waals surface area contributed by atoms with Crippen molar-refractivity contribution < 1.29 is 9.18 Å². The zero-order valence-corrected chi connectivity index (χ0v) is 11.2. The predicted molar refractivity (Wildman–Crippen MR) is 73.7 cm³/mol. The lowest BCUT2D eigenvalue weighted by molar-refractivity contribution is -0.119. The monoisotopic (exact) mass is 265 g/mol. The summed E-state index contributed by atoms with van der Waals surface area (Å²) in [4.78, 5) is 15.7. The van der Waals surface area contributed by atoms with Crippen molar-refractivity contribution in [1.29, 1.82) is 0 Å². The van der Waals surface area contributed by atoms with Crippen LogP contribution in [-0.4, -0.2) is 50.6 Å². The van der Waals surface area contributed by atoms with Crippen molar-refractivity contribution in [1.82, 2.24) is 10.2 Å². The predicted octanol–water partition coefficient (Wildman–Crippen LogP) is 1.08. The van der Waals surface area contributed by atoms with Crippen LogP contribution in [0.2, 0.25) is 0 Å². The lowest BCUT2D eigenvalue weighted by Gasteiger charge is -2.23. The highest BCUT2D eigenvalue weighted by Crippen LogP contribution is 2.17. The van der Waals surface area contributed by atoms with Gasteiger partial charge >= 0.3 is 0 Å². The number of amides is 1. The van der Waals surface area contributed by atoms with Gasteiger partial charge in [0.05, 0.1) is 12.2 Å². The maximum Gasteiger partial charge on any atom is 0.240 e. The fraction of sp³-hybridized carbons (Fsp3) is 0.500. The number of likely N-dealkylation sites (N-methyl/N-ethyl adjacent to an activating group) is 1.